The number of fused-ring (bicyclic) bond motifs is 2. The first-order valence-electron chi connectivity index (χ1n) is 11.7. The molecule has 3 saturated heterocycles. The molecular weight excluding hydrogens is 428 g/mol. The van der Waals surface area contributed by atoms with E-state index in [2.05, 4.69) is 10.6 Å². The van der Waals surface area contributed by atoms with Crippen LogP contribution in [-0.2, 0) is 25.6 Å². The molecule has 32 heavy (non-hydrogen) atoms. The summed E-state index contributed by atoms with van der Waals surface area (Å²) in [5.41, 5.74) is 0. The molecule has 4 aliphatic rings. The predicted octanol–water partition coefficient (Wildman–Crippen LogP) is 1.06. The molecule has 3 aliphatic heterocycles. The van der Waals surface area contributed by atoms with Gasteiger partial charge in [-0.15, -0.1) is 11.3 Å². The van der Waals surface area contributed by atoms with E-state index in [0.29, 0.717) is 25.9 Å². The number of rotatable bonds is 4. The summed E-state index contributed by atoms with van der Waals surface area (Å²) in [6, 6.07) is 2.01. The van der Waals surface area contributed by atoms with Gasteiger partial charge < -0.3 is 20.4 Å². The molecule has 0 bridgehead atoms. The van der Waals surface area contributed by atoms with Crippen molar-refractivity contribution in [1.29, 1.82) is 0 Å². The lowest BCUT2D eigenvalue weighted by Gasteiger charge is -2.29. The molecule has 5 rings (SSSR count). The first-order chi connectivity index (χ1) is 15.5. The van der Waals surface area contributed by atoms with Crippen LogP contribution in [0.5, 0.6) is 0 Å². The maximum atomic E-state index is 13.5. The molecule has 4 heterocycles. The molecule has 4 atom stereocenters. The van der Waals surface area contributed by atoms with Crippen LogP contribution in [0.3, 0.4) is 0 Å². The minimum absolute atomic E-state index is 0.0401. The highest BCUT2D eigenvalue weighted by Crippen LogP contribution is 2.30. The Labute approximate surface area is 191 Å². The van der Waals surface area contributed by atoms with E-state index in [-0.39, 0.29) is 48.1 Å². The van der Waals surface area contributed by atoms with Crippen LogP contribution in [0.15, 0.2) is 17.5 Å². The minimum Gasteiger partial charge on any atom is -0.351 e. The van der Waals surface area contributed by atoms with E-state index in [1.165, 1.54) is 17.8 Å². The molecule has 1 saturated carbocycles. The number of thiophene rings is 1. The summed E-state index contributed by atoms with van der Waals surface area (Å²) in [5, 5.41) is 8.05. The van der Waals surface area contributed by atoms with Crippen molar-refractivity contribution >= 4 is 35.0 Å². The summed E-state index contributed by atoms with van der Waals surface area (Å²) in [4.78, 5) is 56.3. The van der Waals surface area contributed by atoms with Crippen LogP contribution in [0.25, 0.3) is 0 Å². The summed E-state index contributed by atoms with van der Waals surface area (Å²) in [7, 11) is 0. The van der Waals surface area contributed by atoms with Crippen molar-refractivity contribution in [2.45, 2.75) is 75.5 Å². The molecule has 0 radical (unpaired) electrons. The Morgan fingerprint density at radius 3 is 2.72 bits per heavy atom. The largest absolute Gasteiger partial charge is 0.351 e. The highest BCUT2D eigenvalue weighted by Gasteiger charge is 2.52. The molecule has 4 amide bonds. The van der Waals surface area contributed by atoms with Crippen LogP contribution in [0.2, 0.25) is 0 Å². The highest BCUT2D eigenvalue weighted by atomic mass is 32.1. The van der Waals surface area contributed by atoms with Gasteiger partial charge in [0, 0.05) is 29.9 Å². The Bertz CT molecular complexity index is 898. The van der Waals surface area contributed by atoms with Crippen LogP contribution in [0, 0.1) is 5.92 Å². The summed E-state index contributed by atoms with van der Waals surface area (Å²) < 4.78 is 0. The molecule has 8 nitrogen and oxygen atoms in total. The number of nitrogens with one attached hydrogen (secondary N) is 2. The monoisotopic (exact) mass is 458 g/mol. The summed E-state index contributed by atoms with van der Waals surface area (Å²) in [6.07, 6.45) is 6.45. The van der Waals surface area contributed by atoms with Crippen LogP contribution in [0.1, 0.15) is 49.8 Å². The van der Waals surface area contributed by atoms with E-state index in [9.17, 15) is 19.2 Å². The topological polar surface area (TPSA) is 98.8 Å². The van der Waals surface area contributed by atoms with Crippen molar-refractivity contribution in [3.05, 3.63) is 22.4 Å². The van der Waals surface area contributed by atoms with E-state index in [1.807, 2.05) is 17.5 Å². The van der Waals surface area contributed by atoms with Crippen molar-refractivity contribution in [3.8, 4) is 0 Å². The number of carbonyl (C=O) groups excluding carboxylic acids is 4. The SMILES string of the molecule is O=C(N[C@H]1C[C@@H]2C(=O)N[C@@H]3CCN(C(=O)Cc4cccs4)[C@@H]3C(=O)N2C1)C1CCCCC1. The van der Waals surface area contributed by atoms with Gasteiger partial charge in [-0.05, 0) is 37.1 Å². The van der Waals surface area contributed by atoms with Crippen LogP contribution in [0.4, 0.5) is 0 Å². The van der Waals surface area contributed by atoms with Gasteiger partial charge in [0.25, 0.3) is 0 Å². The molecule has 0 spiro atoms. The third kappa shape index (κ3) is 4.02. The van der Waals surface area contributed by atoms with E-state index >= 15 is 0 Å². The second-order valence-electron chi connectivity index (χ2n) is 9.47. The lowest BCUT2D eigenvalue weighted by atomic mass is 9.88. The number of carbonyl (C=O) groups is 4. The van der Waals surface area contributed by atoms with E-state index in [4.69, 9.17) is 0 Å². The summed E-state index contributed by atoms with van der Waals surface area (Å²) >= 11 is 1.52. The fourth-order valence-electron chi connectivity index (χ4n) is 5.76. The molecule has 1 aromatic heterocycles. The second kappa shape index (κ2) is 8.84. The lowest BCUT2D eigenvalue weighted by Crippen LogP contribution is -2.53. The Kier molecular flexibility index (Phi) is 5.92. The summed E-state index contributed by atoms with van der Waals surface area (Å²) in [6.45, 7) is 0.789. The van der Waals surface area contributed by atoms with Gasteiger partial charge in [-0.1, -0.05) is 25.3 Å². The van der Waals surface area contributed by atoms with Gasteiger partial charge in [-0.2, -0.15) is 0 Å². The quantitative estimate of drug-likeness (QED) is 0.705. The van der Waals surface area contributed by atoms with Crippen molar-refractivity contribution in [1.82, 2.24) is 20.4 Å². The zero-order valence-corrected chi connectivity index (χ0v) is 18.9. The van der Waals surface area contributed by atoms with Gasteiger partial charge in [-0.3, -0.25) is 19.2 Å². The average molecular weight is 459 g/mol. The standard InChI is InChI=1S/C23H30N4O4S/c28-19(12-16-7-4-10-32-16)26-9-8-17-20(26)23(31)27-13-15(11-18(27)22(30)25-17)24-21(29)14-5-2-1-3-6-14/h4,7,10,14-15,17-18,20H,1-3,5-6,8-9,11-13H2,(H,24,29)(H,25,30)/t15-,17+,18+,20-/m0/s1. The van der Waals surface area contributed by atoms with Gasteiger partial charge in [0.15, 0.2) is 0 Å². The van der Waals surface area contributed by atoms with Crippen LogP contribution < -0.4 is 10.6 Å². The fourth-order valence-corrected chi connectivity index (χ4v) is 6.45. The maximum absolute atomic E-state index is 13.5. The Hall–Kier alpha value is -2.42. The minimum atomic E-state index is -0.663. The lowest BCUT2D eigenvalue weighted by molar-refractivity contribution is -0.144. The molecule has 9 heteroatoms. The van der Waals surface area contributed by atoms with E-state index in [1.54, 1.807) is 9.80 Å². The van der Waals surface area contributed by atoms with Crippen molar-refractivity contribution in [3.63, 3.8) is 0 Å². The van der Waals surface area contributed by atoms with Crippen molar-refractivity contribution in [2.24, 2.45) is 5.92 Å². The third-order valence-electron chi connectivity index (χ3n) is 7.41. The van der Waals surface area contributed by atoms with Gasteiger partial charge in [-0.25, -0.2) is 0 Å². The molecular formula is C23H30N4O4S. The summed E-state index contributed by atoms with van der Waals surface area (Å²) in [5.74, 6) is -0.343. The number of hydrogen-bond acceptors (Lipinski definition) is 5. The molecule has 4 fully saturated rings. The fraction of sp³-hybridized carbons (Fsp3) is 0.652. The Balaban J connectivity index is 1.28. The third-order valence-corrected chi connectivity index (χ3v) is 8.29. The number of hydrogen-bond donors (Lipinski definition) is 2. The molecule has 2 N–H and O–H groups in total. The average Bonchev–Trinajstić information content (AvgIpc) is 3.52. The Morgan fingerprint density at radius 1 is 1.16 bits per heavy atom. The molecule has 0 aromatic carbocycles. The molecule has 0 unspecified atom stereocenters. The highest BCUT2D eigenvalue weighted by molar-refractivity contribution is 7.10. The molecule has 1 aromatic rings. The first-order valence-corrected chi connectivity index (χ1v) is 12.6. The zero-order chi connectivity index (χ0) is 22.2. The molecule has 172 valence electrons. The normalized spacial score (nSPS) is 30.5. The smallest absolute Gasteiger partial charge is 0.248 e. The number of nitrogens with zero attached hydrogens (tertiary/aromatic N) is 2. The van der Waals surface area contributed by atoms with Crippen molar-refractivity contribution < 1.29 is 19.2 Å². The van der Waals surface area contributed by atoms with Gasteiger partial charge in [0.05, 0.1) is 12.5 Å². The second-order valence-corrected chi connectivity index (χ2v) is 10.5. The van der Waals surface area contributed by atoms with Crippen LogP contribution in [-0.4, -0.2) is 70.7 Å². The van der Waals surface area contributed by atoms with Crippen molar-refractivity contribution in [2.75, 3.05) is 13.1 Å². The predicted molar refractivity (Wildman–Crippen MR) is 119 cm³/mol. The van der Waals surface area contributed by atoms with Gasteiger partial charge >= 0.3 is 0 Å². The zero-order valence-electron chi connectivity index (χ0n) is 18.1. The number of amides is 4. The number of likely N-dealkylation sites (tertiary alicyclic amines) is 1. The van der Waals surface area contributed by atoms with E-state index < -0.39 is 12.1 Å². The molecule has 1 aliphatic carbocycles. The van der Waals surface area contributed by atoms with Crippen LogP contribution >= 0.6 is 11.3 Å². The Morgan fingerprint density at radius 2 is 1.97 bits per heavy atom. The maximum Gasteiger partial charge on any atom is 0.248 e. The van der Waals surface area contributed by atoms with Gasteiger partial charge in [0.1, 0.15) is 12.1 Å². The van der Waals surface area contributed by atoms with E-state index in [0.717, 1.165) is 30.6 Å². The van der Waals surface area contributed by atoms with Gasteiger partial charge in [0.2, 0.25) is 23.6 Å². The first kappa shape index (κ1) is 21.4.